The molecule has 0 aromatic heterocycles. The monoisotopic (exact) mass is 1140 g/mol. The van der Waals surface area contributed by atoms with E-state index >= 15 is 0 Å². The van der Waals surface area contributed by atoms with Crippen LogP contribution in [0.2, 0.25) is 0 Å². The van der Waals surface area contributed by atoms with Crippen LogP contribution in [0.5, 0.6) is 23.0 Å². The molecule has 1 aliphatic heterocycles. The molecule has 0 unspecified atom stereocenters. The number of esters is 3. The maximum atomic E-state index is 11.8. The molecule has 81 heavy (non-hydrogen) atoms. The van der Waals surface area contributed by atoms with E-state index in [2.05, 4.69) is 83.4 Å². The molecule has 0 N–H and O–H groups in total. The molecule has 1 fully saturated rings. The summed E-state index contributed by atoms with van der Waals surface area (Å²) < 4.78 is 47.5. The van der Waals surface area contributed by atoms with Crippen LogP contribution in [0.4, 0.5) is 0 Å². The van der Waals surface area contributed by atoms with E-state index < -0.39 is 0 Å². The molecule has 0 saturated carbocycles. The first kappa shape index (κ1) is 75.2. The highest BCUT2D eigenvalue weighted by Crippen LogP contribution is 2.38. The summed E-state index contributed by atoms with van der Waals surface area (Å²) in [5.41, 5.74) is 1.76. The quantitative estimate of drug-likeness (QED) is 0.0136. The second kappa shape index (κ2) is 46.8. The summed E-state index contributed by atoms with van der Waals surface area (Å²) in [5, 5.41) is 0. The summed E-state index contributed by atoms with van der Waals surface area (Å²) in [5.74, 6) is 4.16. The Morgan fingerprint density at radius 2 is 1.00 bits per heavy atom. The molecule has 15 nitrogen and oxygen atoms in total. The van der Waals surface area contributed by atoms with Crippen LogP contribution in [0.1, 0.15) is 187 Å². The van der Waals surface area contributed by atoms with Gasteiger partial charge in [0.05, 0.1) is 54.0 Å². The van der Waals surface area contributed by atoms with E-state index in [1.165, 1.54) is 52.7 Å². The van der Waals surface area contributed by atoms with Gasteiger partial charge in [-0.2, -0.15) is 0 Å². The lowest BCUT2D eigenvalue weighted by atomic mass is 9.79. The van der Waals surface area contributed by atoms with Gasteiger partial charge in [0.25, 0.3) is 0 Å². The van der Waals surface area contributed by atoms with Crippen molar-refractivity contribution in [2.75, 3.05) is 61.6 Å². The first-order chi connectivity index (χ1) is 38.8. The minimum absolute atomic E-state index is 0.0188. The van der Waals surface area contributed by atoms with Crippen molar-refractivity contribution in [1.29, 1.82) is 0 Å². The van der Waals surface area contributed by atoms with Crippen LogP contribution in [0.15, 0.2) is 85.5 Å². The van der Waals surface area contributed by atoms with Gasteiger partial charge in [0.2, 0.25) is 0 Å². The highest BCUT2D eigenvalue weighted by atomic mass is 16.7. The molecule has 1 aliphatic rings. The van der Waals surface area contributed by atoms with Crippen LogP contribution in [0.25, 0.3) is 0 Å². The average molecular weight is 1140 g/mol. The van der Waals surface area contributed by atoms with Gasteiger partial charge in [-0.15, -0.1) is 6.58 Å². The number of hydrogen-bond acceptors (Lipinski definition) is 15. The lowest BCUT2D eigenvalue weighted by Crippen LogP contribution is -2.60. The zero-order chi connectivity index (χ0) is 60.7. The Balaban J connectivity index is 0.00000109. The van der Waals surface area contributed by atoms with Crippen molar-refractivity contribution in [2.45, 2.75) is 195 Å². The lowest BCUT2D eigenvalue weighted by molar-refractivity contribution is -0.161. The molecule has 458 valence electrons. The largest absolute Gasteiger partial charge is 0.497 e. The number of likely N-dealkylation sites (tertiary alicyclic amines) is 1. The van der Waals surface area contributed by atoms with Gasteiger partial charge in [0.1, 0.15) is 55.6 Å². The number of methoxy groups -OCH3 is 3. The highest BCUT2D eigenvalue weighted by Gasteiger charge is 2.44. The Bertz CT molecular complexity index is 2040. The molecule has 4 rings (SSSR count). The van der Waals surface area contributed by atoms with Crippen LogP contribution in [0, 0.1) is 11.8 Å². The number of piperidine rings is 1. The molecule has 3 aromatic rings. The van der Waals surface area contributed by atoms with E-state index in [0.29, 0.717) is 32.0 Å². The Labute approximate surface area is 488 Å². The fourth-order valence-electron chi connectivity index (χ4n) is 8.48. The third kappa shape index (κ3) is 39.3. The summed E-state index contributed by atoms with van der Waals surface area (Å²) in [6.45, 7) is 26.8. The normalized spacial score (nSPS) is 13.2. The number of hydrogen-bond donors (Lipinski definition) is 0. The van der Waals surface area contributed by atoms with E-state index in [1.54, 1.807) is 25.3 Å². The van der Waals surface area contributed by atoms with Crippen molar-refractivity contribution in [3.8, 4) is 23.0 Å². The Kier molecular flexibility index (Phi) is 43.5. The summed E-state index contributed by atoms with van der Waals surface area (Å²) in [6.07, 6.45) is 20.1. The van der Waals surface area contributed by atoms with Crippen LogP contribution < -0.4 is 18.9 Å². The van der Waals surface area contributed by atoms with Crippen molar-refractivity contribution in [1.82, 2.24) is 4.90 Å². The second-order valence-electron chi connectivity index (χ2n) is 22.0. The van der Waals surface area contributed by atoms with Gasteiger partial charge < -0.3 is 47.4 Å². The van der Waals surface area contributed by atoms with E-state index in [1.807, 2.05) is 67.5 Å². The standard InChI is InChI=1S/C24H32O5.C17H26O2.C15H27NO4.C9H18O2.CH2O/c1-3-16-26-20-27-17-6-4-5-7-18-28-23-10-8-21(9-11-23)19-29-24-14-12-22(25-2)13-15-24;1-15(2)8-6-4-3-5-7-13-19-17-11-9-16(14-18)10-12-17;1-14(2)9-11(10-15(3,4)16(14)5)20-13(18)8-7-12(17)19-6;1-8(2)6-4-5-7-9(10)11-3;1-2/h3,8-15H,1,4-7,16-20H2,2H3;9-12,14-15H,3-8,13H2,1-2H3;11H,7-10H2,1-6H3;8H,4-7H2,1-3H3;1H2. The van der Waals surface area contributed by atoms with E-state index in [9.17, 15) is 19.2 Å². The maximum Gasteiger partial charge on any atom is 0.306 e. The summed E-state index contributed by atoms with van der Waals surface area (Å²) >= 11 is 0. The maximum absolute atomic E-state index is 11.8. The molecule has 0 radical (unpaired) electrons. The van der Waals surface area contributed by atoms with Crippen molar-refractivity contribution in [2.24, 2.45) is 11.8 Å². The van der Waals surface area contributed by atoms with Crippen molar-refractivity contribution in [3.63, 3.8) is 0 Å². The van der Waals surface area contributed by atoms with E-state index in [0.717, 1.165) is 124 Å². The molecule has 1 saturated heterocycles. The van der Waals surface area contributed by atoms with Crippen molar-refractivity contribution in [3.05, 3.63) is 96.6 Å². The number of benzene rings is 3. The third-order valence-electron chi connectivity index (χ3n) is 13.4. The highest BCUT2D eigenvalue weighted by molar-refractivity contribution is 5.77. The number of unbranched alkanes of at least 4 members (excludes halogenated alkanes) is 8. The van der Waals surface area contributed by atoms with Gasteiger partial charge in [-0.25, -0.2) is 0 Å². The number of rotatable bonds is 35. The molecule has 0 bridgehead atoms. The first-order valence-corrected chi connectivity index (χ1v) is 29.1. The SMILES string of the molecule is C=CCOCOCCCCCCOc1ccc(COc2ccc(OC)cc2)cc1.C=O.CC(C)CCCCCCCOc1ccc(C=O)cc1.COC(=O)CCC(=O)OC1CC(C)(C)N(C)C(C)(C)C1.COC(=O)CCCCC(C)C. The van der Waals surface area contributed by atoms with E-state index in [4.69, 9.17) is 38.0 Å². The molecule has 0 aliphatic carbocycles. The molecule has 1 heterocycles. The average Bonchev–Trinajstić information content (AvgIpc) is 3.54. The van der Waals surface area contributed by atoms with E-state index in [-0.39, 0.29) is 47.9 Å². The van der Waals surface area contributed by atoms with Crippen LogP contribution in [-0.4, -0.2) is 115 Å². The van der Waals surface area contributed by atoms with Crippen molar-refractivity contribution < 1.29 is 66.6 Å². The fraction of sp³-hybridized carbons (Fsp3) is 0.621. The summed E-state index contributed by atoms with van der Waals surface area (Å²) in [7, 11) is 6.51. The molecule has 15 heteroatoms. The second-order valence-corrected chi connectivity index (χ2v) is 22.0. The predicted molar refractivity (Wildman–Crippen MR) is 323 cm³/mol. The van der Waals surface area contributed by atoms with Gasteiger partial charge in [-0.3, -0.25) is 24.1 Å². The molecule has 3 aromatic carbocycles. The molecular weight excluding hydrogens is 1030 g/mol. The fourth-order valence-corrected chi connectivity index (χ4v) is 8.48. The first-order valence-electron chi connectivity index (χ1n) is 29.1. The molecular formula is C66H105NO14. The van der Waals surface area contributed by atoms with Gasteiger partial charge >= 0.3 is 17.9 Å². The van der Waals surface area contributed by atoms with Gasteiger partial charge in [0.15, 0.2) is 0 Å². The number of aldehydes is 1. The molecule has 0 atom stereocenters. The summed E-state index contributed by atoms with van der Waals surface area (Å²) in [4.78, 5) is 54.3. The topological polar surface area (TPSA) is 172 Å². The van der Waals surface area contributed by atoms with Crippen molar-refractivity contribution >= 4 is 31.0 Å². The Morgan fingerprint density at radius 3 is 1.49 bits per heavy atom. The lowest BCUT2D eigenvalue weighted by Gasteiger charge is -2.53. The number of carbonyl (C=O) groups excluding carboxylic acids is 5. The van der Waals surface area contributed by atoms with Crippen LogP contribution >= 0.6 is 0 Å². The number of carbonyl (C=O) groups is 5. The molecule has 0 amide bonds. The Morgan fingerprint density at radius 1 is 0.568 bits per heavy atom. The smallest absolute Gasteiger partial charge is 0.306 e. The van der Waals surface area contributed by atoms with Gasteiger partial charge in [0, 0.05) is 42.5 Å². The minimum Gasteiger partial charge on any atom is -0.497 e. The number of nitrogens with zero attached hydrogens (tertiary/aromatic N) is 1. The predicted octanol–water partition coefficient (Wildman–Crippen LogP) is 14.6. The number of ether oxygens (including phenoxy) is 9. The van der Waals surface area contributed by atoms with Gasteiger partial charge in [-0.05, 0) is 145 Å². The zero-order valence-electron chi connectivity index (χ0n) is 51.9. The third-order valence-corrected chi connectivity index (χ3v) is 13.4. The zero-order valence-corrected chi connectivity index (χ0v) is 51.9. The Hall–Kier alpha value is -5.77. The van der Waals surface area contributed by atoms with Crippen LogP contribution in [0.3, 0.4) is 0 Å². The van der Waals surface area contributed by atoms with Crippen LogP contribution in [-0.2, 0) is 49.5 Å². The van der Waals surface area contributed by atoms with Gasteiger partial charge in [-0.1, -0.05) is 97.3 Å². The molecule has 0 spiro atoms. The minimum atomic E-state index is -0.383. The summed E-state index contributed by atoms with van der Waals surface area (Å²) in [6, 6.07) is 22.9.